The molecule has 0 radical (unpaired) electrons. The number of halogens is 1. The Kier molecular flexibility index (Phi) is 5.06. The summed E-state index contributed by atoms with van der Waals surface area (Å²) in [6, 6.07) is 11.4. The van der Waals surface area contributed by atoms with Gasteiger partial charge in [-0.25, -0.2) is 17.8 Å². The summed E-state index contributed by atoms with van der Waals surface area (Å²) in [6.07, 6.45) is 3.28. The van der Waals surface area contributed by atoms with Crippen LogP contribution < -0.4 is 9.46 Å². The van der Waals surface area contributed by atoms with Crippen LogP contribution in [-0.2, 0) is 17.1 Å². The Labute approximate surface area is 151 Å². The van der Waals surface area contributed by atoms with E-state index in [0.29, 0.717) is 17.1 Å². The average Bonchev–Trinajstić information content (AvgIpc) is 3.06. The van der Waals surface area contributed by atoms with Crippen LogP contribution in [0.2, 0.25) is 0 Å². The van der Waals surface area contributed by atoms with Gasteiger partial charge in [-0.3, -0.25) is 0 Å². The third kappa shape index (κ3) is 3.61. The molecule has 8 heteroatoms. The van der Waals surface area contributed by atoms with Gasteiger partial charge >= 0.3 is 0 Å². The molecule has 0 unspecified atom stereocenters. The highest BCUT2D eigenvalue weighted by Crippen LogP contribution is 2.25. The van der Waals surface area contributed by atoms with Gasteiger partial charge in [-0.1, -0.05) is 24.3 Å². The Morgan fingerprint density at radius 3 is 2.42 bits per heavy atom. The Morgan fingerprint density at radius 1 is 1.15 bits per heavy atom. The van der Waals surface area contributed by atoms with Crippen molar-refractivity contribution in [1.29, 1.82) is 0 Å². The van der Waals surface area contributed by atoms with Crippen LogP contribution in [0.5, 0.6) is 5.75 Å². The van der Waals surface area contributed by atoms with E-state index in [1.54, 1.807) is 55.4 Å². The summed E-state index contributed by atoms with van der Waals surface area (Å²) in [5.41, 5.74) is 0.653. The van der Waals surface area contributed by atoms with Crippen molar-refractivity contribution >= 4 is 10.0 Å². The van der Waals surface area contributed by atoms with Crippen molar-refractivity contribution < 1.29 is 17.5 Å². The van der Waals surface area contributed by atoms with Gasteiger partial charge in [-0.2, -0.15) is 4.72 Å². The van der Waals surface area contributed by atoms with Crippen molar-refractivity contribution in [1.82, 2.24) is 14.3 Å². The number of benzene rings is 2. The Morgan fingerprint density at radius 2 is 1.85 bits per heavy atom. The summed E-state index contributed by atoms with van der Waals surface area (Å²) >= 11 is 0. The second kappa shape index (κ2) is 7.27. The number of hydrogen-bond acceptors (Lipinski definition) is 4. The van der Waals surface area contributed by atoms with Crippen LogP contribution in [0, 0.1) is 5.82 Å². The molecule has 6 nitrogen and oxygen atoms in total. The maximum atomic E-state index is 14.0. The first-order valence-corrected chi connectivity index (χ1v) is 9.29. The molecule has 1 heterocycles. The largest absolute Gasteiger partial charge is 0.497 e. The van der Waals surface area contributed by atoms with E-state index in [4.69, 9.17) is 4.74 Å². The quantitative estimate of drug-likeness (QED) is 0.719. The third-order valence-electron chi connectivity index (χ3n) is 3.96. The van der Waals surface area contributed by atoms with E-state index >= 15 is 0 Å². The number of methoxy groups -OCH3 is 1. The van der Waals surface area contributed by atoms with Crippen molar-refractivity contribution in [3.63, 3.8) is 0 Å². The molecule has 0 amide bonds. The number of ether oxygens (including phenoxy) is 1. The van der Waals surface area contributed by atoms with Crippen molar-refractivity contribution in [2.45, 2.75) is 10.9 Å². The van der Waals surface area contributed by atoms with Crippen LogP contribution in [0.25, 0.3) is 0 Å². The van der Waals surface area contributed by atoms with Gasteiger partial charge in [0.1, 0.15) is 28.3 Å². The normalized spacial score (nSPS) is 12.7. The van der Waals surface area contributed by atoms with Gasteiger partial charge in [-0.15, -0.1) is 0 Å². The van der Waals surface area contributed by atoms with Gasteiger partial charge in [0.25, 0.3) is 0 Å². The molecule has 0 spiro atoms. The number of nitrogens with zero attached hydrogens (tertiary/aromatic N) is 2. The van der Waals surface area contributed by atoms with Crippen molar-refractivity contribution in [2.24, 2.45) is 7.05 Å². The topological polar surface area (TPSA) is 73.2 Å². The fourth-order valence-corrected chi connectivity index (χ4v) is 3.86. The minimum absolute atomic E-state index is 0.410. The Balaban J connectivity index is 2.04. The predicted molar refractivity (Wildman–Crippen MR) is 94.8 cm³/mol. The van der Waals surface area contributed by atoms with Crippen LogP contribution in [0.15, 0.2) is 65.8 Å². The highest BCUT2D eigenvalue weighted by Gasteiger charge is 2.27. The maximum absolute atomic E-state index is 14.0. The lowest BCUT2D eigenvalue weighted by Gasteiger charge is -2.19. The molecule has 26 heavy (non-hydrogen) atoms. The van der Waals surface area contributed by atoms with E-state index in [1.165, 1.54) is 18.2 Å². The molecule has 3 aromatic rings. The first-order chi connectivity index (χ1) is 12.4. The average molecular weight is 375 g/mol. The van der Waals surface area contributed by atoms with E-state index in [-0.39, 0.29) is 0 Å². The number of aryl methyl sites for hydroxylation is 1. The fourth-order valence-electron chi connectivity index (χ4n) is 2.60. The van der Waals surface area contributed by atoms with Crippen LogP contribution >= 0.6 is 0 Å². The predicted octanol–water partition coefficient (Wildman–Crippen LogP) is 2.64. The second-order valence-corrected chi connectivity index (χ2v) is 7.34. The maximum Gasteiger partial charge on any atom is 0.244 e. The first-order valence-electron chi connectivity index (χ1n) is 7.80. The molecule has 1 aromatic heterocycles. The second-order valence-electron chi connectivity index (χ2n) is 5.65. The molecule has 136 valence electrons. The number of nitrogens with one attached hydrogen (secondary N) is 1. The highest BCUT2D eigenvalue weighted by atomic mass is 32.2. The number of rotatable bonds is 6. The molecule has 0 fully saturated rings. The standard InChI is InChI=1S/C18H18FN3O3S/c1-22-12-11-20-18(22)17(13-7-9-14(25-2)10-8-13)21-26(23,24)16-6-4-3-5-15(16)19/h3-12,17,21H,1-2H3/t17-/m1/s1. The lowest BCUT2D eigenvalue weighted by molar-refractivity contribution is 0.414. The number of aromatic nitrogens is 2. The highest BCUT2D eigenvalue weighted by molar-refractivity contribution is 7.89. The molecule has 0 bridgehead atoms. The van der Waals surface area contributed by atoms with Gasteiger partial charge in [0, 0.05) is 19.4 Å². The molecule has 0 aliphatic carbocycles. The first kappa shape index (κ1) is 18.1. The van der Waals surface area contributed by atoms with Gasteiger partial charge in [0.2, 0.25) is 10.0 Å². The molecule has 3 rings (SSSR count). The molecular weight excluding hydrogens is 357 g/mol. The summed E-state index contributed by atoms with van der Waals surface area (Å²) in [7, 11) is -0.798. The summed E-state index contributed by atoms with van der Waals surface area (Å²) < 4.78 is 48.9. The number of sulfonamides is 1. The summed E-state index contributed by atoms with van der Waals surface area (Å²) in [5.74, 6) is 0.313. The van der Waals surface area contributed by atoms with Gasteiger partial charge in [0.15, 0.2) is 0 Å². The van der Waals surface area contributed by atoms with Crippen LogP contribution in [0.1, 0.15) is 17.4 Å². The SMILES string of the molecule is COc1ccc([C@@H](NS(=O)(=O)c2ccccc2F)c2nccn2C)cc1. The molecule has 2 aromatic carbocycles. The lowest BCUT2D eigenvalue weighted by atomic mass is 10.1. The Bertz CT molecular complexity index is 1000. The molecule has 0 aliphatic heterocycles. The van der Waals surface area contributed by atoms with Crippen molar-refractivity contribution in [3.8, 4) is 5.75 Å². The van der Waals surface area contributed by atoms with Gasteiger partial charge in [-0.05, 0) is 29.8 Å². The van der Waals surface area contributed by atoms with Gasteiger partial charge < -0.3 is 9.30 Å². The number of hydrogen-bond donors (Lipinski definition) is 1. The van der Waals surface area contributed by atoms with E-state index in [1.807, 2.05) is 0 Å². The van der Waals surface area contributed by atoms with Crippen molar-refractivity contribution in [2.75, 3.05) is 7.11 Å². The molecular formula is C18H18FN3O3S. The summed E-state index contributed by atoms with van der Waals surface area (Å²) in [6.45, 7) is 0. The summed E-state index contributed by atoms with van der Waals surface area (Å²) in [4.78, 5) is 3.84. The molecule has 1 N–H and O–H groups in total. The monoisotopic (exact) mass is 375 g/mol. The minimum Gasteiger partial charge on any atom is -0.497 e. The minimum atomic E-state index is -4.11. The fraction of sp³-hybridized carbons (Fsp3) is 0.167. The smallest absolute Gasteiger partial charge is 0.244 e. The zero-order valence-electron chi connectivity index (χ0n) is 14.3. The van der Waals surface area contributed by atoms with E-state index in [2.05, 4.69) is 9.71 Å². The van der Waals surface area contributed by atoms with Gasteiger partial charge in [0.05, 0.1) is 7.11 Å². The summed E-state index contributed by atoms with van der Waals surface area (Å²) in [5, 5.41) is 0. The van der Waals surface area contributed by atoms with Crippen molar-refractivity contribution in [3.05, 3.63) is 78.1 Å². The molecule has 0 saturated heterocycles. The Hall–Kier alpha value is -2.71. The van der Waals surface area contributed by atoms with E-state index in [9.17, 15) is 12.8 Å². The molecule has 0 saturated carbocycles. The van der Waals surface area contributed by atoms with Crippen LogP contribution in [0.3, 0.4) is 0 Å². The zero-order chi connectivity index (χ0) is 18.7. The van der Waals surface area contributed by atoms with Crippen LogP contribution in [-0.4, -0.2) is 25.1 Å². The third-order valence-corrected chi connectivity index (χ3v) is 5.42. The molecule has 0 aliphatic rings. The molecule has 1 atom stereocenters. The lowest BCUT2D eigenvalue weighted by Crippen LogP contribution is -2.31. The van der Waals surface area contributed by atoms with Crippen LogP contribution in [0.4, 0.5) is 4.39 Å². The van der Waals surface area contributed by atoms with E-state index < -0.39 is 26.8 Å². The number of imidazole rings is 1. The zero-order valence-corrected chi connectivity index (χ0v) is 15.1. The van der Waals surface area contributed by atoms with E-state index in [0.717, 1.165) is 6.07 Å².